The third-order valence-electron chi connectivity index (χ3n) is 4.48. The van der Waals surface area contributed by atoms with Crippen molar-refractivity contribution in [2.24, 2.45) is 0 Å². The number of nitrogens with zero attached hydrogens (tertiary/aromatic N) is 1. The van der Waals surface area contributed by atoms with Gasteiger partial charge in [0.25, 0.3) is 5.91 Å². The van der Waals surface area contributed by atoms with Gasteiger partial charge in [0, 0.05) is 12.1 Å². The highest BCUT2D eigenvalue weighted by Gasteiger charge is 2.36. The van der Waals surface area contributed by atoms with Crippen LogP contribution in [0.4, 0.5) is 0 Å². The van der Waals surface area contributed by atoms with Crippen molar-refractivity contribution >= 4 is 5.91 Å². The molecule has 0 saturated carbocycles. The fourth-order valence-corrected chi connectivity index (χ4v) is 3.33. The molecule has 1 unspecified atom stereocenters. The molecule has 1 aromatic carbocycles. The van der Waals surface area contributed by atoms with Crippen molar-refractivity contribution in [3.8, 4) is 11.5 Å². The van der Waals surface area contributed by atoms with E-state index in [1.54, 1.807) is 25.3 Å². The molecule has 2 fully saturated rings. The predicted octanol–water partition coefficient (Wildman–Crippen LogP) is 2.46. The van der Waals surface area contributed by atoms with Crippen LogP contribution < -0.4 is 9.47 Å². The lowest BCUT2D eigenvalue weighted by molar-refractivity contribution is -0.100. The molecule has 0 spiro atoms. The van der Waals surface area contributed by atoms with Gasteiger partial charge in [-0.15, -0.1) is 0 Å². The largest absolute Gasteiger partial charge is 0.493 e. The molecule has 2 saturated heterocycles. The Balaban J connectivity index is 1.80. The molecule has 6 heteroatoms. The summed E-state index contributed by atoms with van der Waals surface area (Å²) < 4.78 is 22.2. The highest BCUT2D eigenvalue weighted by Crippen LogP contribution is 2.31. The number of hydrogen-bond acceptors (Lipinski definition) is 5. The van der Waals surface area contributed by atoms with E-state index in [0.29, 0.717) is 36.9 Å². The number of ether oxygens (including phenoxy) is 4. The molecule has 6 nitrogen and oxygen atoms in total. The Kier molecular flexibility index (Phi) is 5.58. The predicted molar refractivity (Wildman–Crippen MR) is 88.5 cm³/mol. The van der Waals surface area contributed by atoms with Gasteiger partial charge in [-0.05, 0) is 44.4 Å². The quantitative estimate of drug-likeness (QED) is 0.827. The molecule has 0 N–H and O–H groups in total. The summed E-state index contributed by atoms with van der Waals surface area (Å²) in [6, 6.07) is 5.30. The fraction of sp³-hybridized carbons (Fsp3) is 0.611. The molecule has 24 heavy (non-hydrogen) atoms. The minimum Gasteiger partial charge on any atom is -0.493 e. The Morgan fingerprint density at radius 3 is 2.75 bits per heavy atom. The van der Waals surface area contributed by atoms with Crippen molar-refractivity contribution in [1.29, 1.82) is 0 Å². The Hall–Kier alpha value is -1.79. The maximum absolute atomic E-state index is 13.0. The van der Waals surface area contributed by atoms with Gasteiger partial charge in [-0.2, -0.15) is 0 Å². The van der Waals surface area contributed by atoms with Crippen LogP contribution in [-0.2, 0) is 9.47 Å². The minimum atomic E-state index is -0.307. The van der Waals surface area contributed by atoms with Gasteiger partial charge in [-0.3, -0.25) is 4.79 Å². The monoisotopic (exact) mass is 335 g/mol. The van der Waals surface area contributed by atoms with Gasteiger partial charge in [0.2, 0.25) is 0 Å². The summed E-state index contributed by atoms with van der Waals surface area (Å²) in [5.41, 5.74) is 0.597. The van der Waals surface area contributed by atoms with Crippen LogP contribution in [0.3, 0.4) is 0 Å². The molecule has 0 aromatic heterocycles. The third kappa shape index (κ3) is 3.49. The van der Waals surface area contributed by atoms with Gasteiger partial charge >= 0.3 is 0 Å². The van der Waals surface area contributed by atoms with Gasteiger partial charge < -0.3 is 23.8 Å². The van der Waals surface area contributed by atoms with Gasteiger partial charge in [-0.1, -0.05) is 0 Å². The zero-order valence-corrected chi connectivity index (χ0v) is 14.3. The molecule has 3 rings (SSSR count). The van der Waals surface area contributed by atoms with Crippen LogP contribution >= 0.6 is 0 Å². The zero-order chi connectivity index (χ0) is 16.9. The van der Waals surface area contributed by atoms with E-state index >= 15 is 0 Å². The second kappa shape index (κ2) is 7.85. The van der Waals surface area contributed by atoms with Crippen molar-refractivity contribution < 1.29 is 23.7 Å². The number of likely N-dealkylation sites (tertiary alicyclic amines) is 1. The second-order valence-electron chi connectivity index (χ2n) is 5.97. The van der Waals surface area contributed by atoms with Crippen molar-refractivity contribution in [1.82, 2.24) is 4.90 Å². The number of amides is 1. The lowest BCUT2D eigenvalue weighted by Gasteiger charge is -2.38. The number of methoxy groups -OCH3 is 1. The lowest BCUT2D eigenvalue weighted by atomic mass is 10.00. The first-order chi connectivity index (χ1) is 11.7. The second-order valence-corrected chi connectivity index (χ2v) is 5.97. The Morgan fingerprint density at radius 2 is 2.04 bits per heavy atom. The van der Waals surface area contributed by atoms with Gasteiger partial charge in [0.15, 0.2) is 17.8 Å². The molecule has 2 aliphatic heterocycles. The summed E-state index contributed by atoms with van der Waals surface area (Å²) in [6.45, 7) is 4.38. The first-order valence-electron chi connectivity index (χ1n) is 8.59. The molecule has 0 radical (unpaired) electrons. The summed E-state index contributed by atoms with van der Waals surface area (Å²) in [4.78, 5) is 14.9. The number of hydrogen-bond donors (Lipinski definition) is 0. The summed E-state index contributed by atoms with van der Waals surface area (Å²) in [7, 11) is 1.58. The number of carbonyl (C=O) groups excluding carboxylic acids is 1. The number of carbonyl (C=O) groups is 1. The van der Waals surface area contributed by atoms with Crippen LogP contribution in [0.5, 0.6) is 11.5 Å². The Labute approximate surface area is 142 Å². The van der Waals surface area contributed by atoms with Gasteiger partial charge in [-0.25, -0.2) is 0 Å². The SMILES string of the molecule is CCOc1ccc(C(=O)N2CCCCC2C2OCCO2)cc1OC. The van der Waals surface area contributed by atoms with E-state index in [-0.39, 0.29) is 18.2 Å². The molecule has 2 heterocycles. The van der Waals surface area contributed by atoms with E-state index in [4.69, 9.17) is 18.9 Å². The van der Waals surface area contributed by atoms with Crippen molar-refractivity contribution in [3.63, 3.8) is 0 Å². The van der Waals surface area contributed by atoms with Crippen LogP contribution in [0.25, 0.3) is 0 Å². The van der Waals surface area contributed by atoms with E-state index < -0.39 is 0 Å². The highest BCUT2D eigenvalue weighted by atomic mass is 16.7. The van der Waals surface area contributed by atoms with Crippen LogP contribution in [-0.4, -0.2) is 56.6 Å². The van der Waals surface area contributed by atoms with Crippen LogP contribution in [0.15, 0.2) is 18.2 Å². The maximum atomic E-state index is 13.0. The van der Waals surface area contributed by atoms with E-state index in [2.05, 4.69) is 0 Å². The summed E-state index contributed by atoms with van der Waals surface area (Å²) in [5, 5.41) is 0. The maximum Gasteiger partial charge on any atom is 0.254 e. The smallest absolute Gasteiger partial charge is 0.254 e. The van der Waals surface area contributed by atoms with E-state index in [1.165, 1.54) is 0 Å². The normalized spacial score (nSPS) is 21.8. The molecular weight excluding hydrogens is 310 g/mol. The summed E-state index contributed by atoms with van der Waals surface area (Å²) in [6.07, 6.45) is 2.69. The van der Waals surface area contributed by atoms with Gasteiger partial charge in [0.05, 0.1) is 33.0 Å². The first kappa shape index (κ1) is 17.0. The Bertz CT molecular complexity index is 571. The number of rotatable bonds is 5. The molecule has 1 atom stereocenters. The fourth-order valence-electron chi connectivity index (χ4n) is 3.33. The average Bonchev–Trinajstić information content (AvgIpc) is 3.16. The van der Waals surface area contributed by atoms with Crippen LogP contribution in [0.2, 0.25) is 0 Å². The van der Waals surface area contributed by atoms with E-state index in [9.17, 15) is 4.79 Å². The topological polar surface area (TPSA) is 57.2 Å². The summed E-state index contributed by atoms with van der Waals surface area (Å²) >= 11 is 0. The van der Waals surface area contributed by atoms with Crippen LogP contribution in [0, 0.1) is 0 Å². The standard InChI is InChI=1S/C18H25NO5/c1-3-22-15-8-7-13(12-16(15)21-2)17(20)19-9-5-4-6-14(19)18-23-10-11-24-18/h7-8,12,14,18H,3-6,9-11H2,1-2H3. The molecule has 0 aliphatic carbocycles. The minimum absolute atomic E-state index is 0.0138. The average molecular weight is 335 g/mol. The highest BCUT2D eigenvalue weighted by molar-refractivity contribution is 5.95. The third-order valence-corrected chi connectivity index (χ3v) is 4.48. The molecule has 1 aromatic rings. The first-order valence-corrected chi connectivity index (χ1v) is 8.59. The lowest BCUT2D eigenvalue weighted by Crippen LogP contribution is -2.50. The van der Waals surface area contributed by atoms with Gasteiger partial charge in [0.1, 0.15) is 0 Å². The van der Waals surface area contributed by atoms with E-state index in [0.717, 1.165) is 25.8 Å². The van der Waals surface area contributed by atoms with Crippen molar-refractivity contribution in [2.75, 3.05) is 33.5 Å². The summed E-state index contributed by atoms with van der Waals surface area (Å²) in [5.74, 6) is 1.21. The Morgan fingerprint density at radius 1 is 1.25 bits per heavy atom. The van der Waals surface area contributed by atoms with Crippen LogP contribution in [0.1, 0.15) is 36.5 Å². The van der Waals surface area contributed by atoms with E-state index in [1.807, 2.05) is 11.8 Å². The molecule has 0 bridgehead atoms. The molecular formula is C18H25NO5. The number of benzene rings is 1. The molecule has 2 aliphatic rings. The number of piperidine rings is 1. The zero-order valence-electron chi connectivity index (χ0n) is 14.3. The van der Waals surface area contributed by atoms with Crippen molar-refractivity contribution in [2.45, 2.75) is 38.5 Å². The molecule has 1 amide bonds. The van der Waals surface area contributed by atoms with Crippen molar-refractivity contribution in [3.05, 3.63) is 23.8 Å². The molecule has 132 valence electrons.